The van der Waals surface area contributed by atoms with Gasteiger partial charge in [0.25, 0.3) is 0 Å². The Morgan fingerprint density at radius 2 is 1.77 bits per heavy atom. The second kappa shape index (κ2) is 6.95. The summed E-state index contributed by atoms with van der Waals surface area (Å²) >= 11 is 0. The summed E-state index contributed by atoms with van der Waals surface area (Å²) in [6, 6.07) is 8.13. The molecule has 0 saturated carbocycles. The fourth-order valence-electron chi connectivity index (χ4n) is 3.26. The molecule has 1 aromatic rings. The Hall–Kier alpha value is -1.84. The van der Waals surface area contributed by atoms with E-state index in [0.29, 0.717) is 6.54 Å². The molecule has 1 atom stereocenters. The number of carbonyl (C=O) groups excluding carboxylic acids is 2. The third-order valence-electron chi connectivity index (χ3n) is 4.39. The van der Waals surface area contributed by atoms with Crippen molar-refractivity contribution in [3.63, 3.8) is 0 Å². The van der Waals surface area contributed by atoms with E-state index in [4.69, 9.17) is 0 Å². The molecule has 2 amide bonds. The third-order valence-corrected chi connectivity index (χ3v) is 4.39. The minimum absolute atomic E-state index is 0.0329. The van der Waals surface area contributed by atoms with E-state index in [-0.39, 0.29) is 23.8 Å². The Labute approximate surface area is 132 Å². The Morgan fingerprint density at radius 1 is 1.23 bits per heavy atom. The second-order valence-electron chi connectivity index (χ2n) is 6.38. The average Bonchev–Trinajstić information content (AvgIpc) is 2.88. The number of nitrogens with one attached hydrogen (secondary N) is 1. The predicted molar refractivity (Wildman–Crippen MR) is 87.5 cm³/mol. The summed E-state index contributed by atoms with van der Waals surface area (Å²) in [6.07, 6.45) is 1.81. The molecule has 0 saturated heterocycles. The van der Waals surface area contributed by atoms with Gasteiger partial charge in [0, 0.05) is 19.5 Å². The van der Waals surface area contributed by atoms with Crippen molar-refractivity contribution in [2.24, 2.45) is 5.92 Å². The van der Waals surface area contributed by atoms with E-state index in [1.807, 2.05) is 37.8 Å². The van der Waals surface area contributed by atoms with Crippen molar-refractivity contribution >= 4 is 11.8 Å². The van der Waals surface area contributed by atoms with Crippen molar-refractivity contribution in [3.05, 3.63) is 35.4 Å². The molecule has 1 N–H and O–H groups in total. The van der Waals surface area contributed by atoms with Crippen LogP contribution in [-0.4, -0.2) is 35.3 Å². The van der Waals surface area contributed by atoms with Gasteiger partial charge in [-0.25, -0.2) is 0 Å². The quantitative estimate of drug-likeness (QED) is 0.906. The molecule has 4 nitrogen and oxygen atoms in total. The van der Waals surface area contributed by atoms with Crippen LogP contribution < -0.4 is 5.32 Å². The summed E-state index contributed by atoms with van der Waals surface area (Å²) in [6.45, 7) is 8.07. The van der Waals surface area contributed by atoms with Gasteiger partial charge in [0.2, 0.25) is 11.8 Å². The first-order chi connectivity index (χ1) is 10.4. The number of benzene rings is 1. The van der Waals surface area contributed by atoms with Crippen molar-refractivity contribution in [3.8, 4) is 0 Å². The van der Waals surface area contributed by atoms with E-state index in [0.717, 1.165) is 12.8 Å². The molecule has 0 heterocycles. The summed E-state index contributed by atoms with van der Waals surface area (Å²) in [5, 5.41) is 2.81. The second-order valence-corrected chi connectivity index (χ2v) is 6.38. The lowest BCUT2D eigenvalue weighted by atomic mass is 10.0. The largest absolute Gasteiger partial charge is 0.344 e. The fraction of sp³-hybridized carbons (Fsp3) is 0.556. The number of rotatable bonds is 5. The van der Waals surface area contributed by atoms with E-state index in [2.05, 4.69) is 17.4 Å². The van der Waals surface area contributed by atoms with Gasteiger partial charge in [0.05, 0.1) is 0 Å². The lowest BCUT2D eigenvalue weighted by Crippen LogP contribution is -2.53. The maximum Gasteiger partial charge on any atom is 0.245 e. The Kier molecular flexibility index (Phi) is 5.22. The smallest absolute Gasteiger partial charge is 0.245 e. The molecule has 0 fully saturated rings. The van der Waals surface area contributed by atoms with Gasteiger partial charge in [-0.3, -0.25) is 9.59 Å². The molecular formula is C18H26N2O2. The highest BCUT2D eigenvalue weighted by molar-refractivity contribution is 5.87. The summed E-state index contributed by atoms with van der Waals surface area (Å²) < 4.78 is 0. The van der Waals surface area contributed by atoms with E-state index >= 15 is 0 Å². The molecule has 1 unspecified atom stereocenters. The van der Waals surface area contributed by atoms with Gasteiger partial charge in [-0.1, -0.05) is 38.1 Å². The van der Waals surface area contributed by atoms with Crippen molar-refractivity contribution < 1.29 is 9.59 Å². The van der Waals surface area contributed by atoms with Crippen LogP contribution >= 0.6 is 0 Å². The van der Waals surface area contributed by atoms with Gasteiger partial charge in [0.15, 0.2) is 0 Å². The fourth-order valence-corrected chi connectivity index (χ4v) is 3.26. The number of amides is 2. The van der Waals surface area contributed by atoms with Crippen molar-refractivity contribution in [1.82, 2.24) is 10.2 Å². The molecular weight excluding hydrogens is 276 g/mol. The van der Waals surface area contributed by atoms with Crippen molar-refractivity contribution in [2.75, 3.05) is 6.54 Å². The molecule has 0 radical (unpaired) electrons. The van der Waals surface area contributed by atoms with Crippen LogP contribution in [0, 0.1) is 5.92 Å². The van der Waals surface area contributed by atoms with Crippen molar-refractivity contribution in [1.29, 1.82) is 0 Å². The number of fused-ring (bicyclic) bond motifs is 1. The SMILES string of the molecule is CCN(C(=O)C(NC(C)=O)C(C)C)C1Cc2ccccc2C1. The van der Waals surface area contributed by atoms with E-state index in [1.165, 1.54) is 18.1 Å². The maximum absolute atomic E-state index is 12.9. The van der Waals surface area contributed by atoms with Crippen LogP contribution in [0.4, 0.5) is 0 Å². The third kappa shape index (κ3) is 3.49. The topological polar surface area (TPSA) is 49.4 Å². The summed E-state index contributed by atoms with van der Waals surface area (Å²) in [5.74, 6) is -0.0439. The van der Waals surface area contributed by atoms with Crippen molar-refractivity contribution in [2.45, 2.75) is 52.6 Å². The van der Waals surface area contributed by atoms with E-state index in [9.17, 15) is 9.59 Å². The summed E-state index contributed by atoms with van der Waals surface area (Å²) in [5.41, 5.74) is 2.67. The number of carbonyl (C=O) groups is 2. The molecule has 0 aliphatic heterocycles. The van der Waals surface area contributed by atoms with Crippen LogP contribution in [0.5, 0.6) is 0 Å². The molecule has 1 aliphatic carbocycles. The Balaban J connectivity index is 2.14. The van der Waals surface area contributed by atoms with Gasteiger partial charge >= 0.3 is 0 Å². The van der Waals surface area contributed by atoms with Gasteiger partial charge in [0.1, 0.15) is 6.04 Å². The molecule has 0 aromatic heterocycles. The van der Waals surface area contributed by atoms with Crippen LogP contribution in [0.1, 0.15) is 38.8 Å². The molecule has 22 heavy (non-hydrogen) atoms. The molecule has 4 heteroatoms. The van der Waals surface area contributed by atoms with Gasteiger partial charge < -0.3 is 10.2 Å². The van der Waals surface area contributed by atoms with Crippen LogP contribution in [0.2, 0.25) is 0 Å². The molecule has 1 aliphatic rings. The van der Waals surface area contributed by atoms with Gasteiger partial charge in [-0.15, -0.1) is 0 Å². The van der Waals surface area contributed by atoms with Crippen LogP contribution in [0.15, 0.2) is 24.3 Å². The first-order valence-corrected chi connectivity index (χ1v) is 8.08. The summed E-state index contributed by atoms with van der Waals surface area (Å²) in [4.78, 5) is 26.2. The predicted octanol–water partition coefficient (Wildman–Crippen LogP) is 2.16. The zero-order valence-corrected chi connectivity index (χ0v) is 13.9. The number of likely N-dealkylation sites (N-methyl/N-ethyl adjacent to an activating group) is 1. The molecule has 120 valence electrons. The zero-order valence-electron chi connectivity index (χ0n) is 13.9. The molecule has 0 spiro atoms. The first-order valence-electron chi connectivity index (χ1n) is 8.08. The normalized spacial score (nSPS) is 15.5. The Bertz CT molecular complexity index is 529. The highest BCUT2D eigenvalue weighted by Gasteiger charge is 2.34. The molecule has 2 rings (SSSR count). The lowest BCUT2D eigenvalue weighted by molar-refractivity contribution is -0.139. The highest BCUT2D eigenvalue weighted by atomic mass is 16.2. The lowest BCUT2D eigenvalue weighted by Gasteiger charge is -2.33. The highest BCUT2D eigenvalue weighted by Crippen LogP contribution is 2.26. The van der Waals surface area contributed by atoms with Crippen LogP contribution in [0.25, 0.3) is 0 Å². The van der Waals surface area contributed by atoms with E-state index in [1.54, 1.807) is 0 Å². The standard InChI is InChI=1S/C18H26N2O2/c1-5-20(18(22)17(12(2)3)19-13(4)21)16-10-14-8-6-7-9-15(14)11-16/h6-9,12,16-17H,5,10-11H2,1-4H3,(H,19,21). The van der Waals surface area contributed by atoms with Crippen LogP contribution in [-0.2, 0) is 22.4 Å². The molecule has 0 bridgehead atoms. The number of nitrogens with zero attached hydrogens (tertiary/aromatic N) is 1. The molecule has 1 aromatic carbocycles. The number of hydrogen-bond donors (Lipinski definition) is 1. The van der Waals surface area contributed by atoms with E-state index < -0.39 is 6.04 Å². The first kappa shape index (κ1) is 16.5. The number of hydrogen-bond acceptors (Lipinski definition) is 2. The van der Waals surface area contributed by atoms with Gasteiger partial charge in [-0.2, -0.15) is 0 Å². The monoisotopic (exact) mass is 302 g/mol. The van der Waals surface area contributed by atoms with Crippen LogP contribution in [0.3, 0.4) is 0 Å². The average molecular weight is 302 g/mol. The maximum atomic E-state index is 12.9. The minimum Gasteiger partial charge on any atom is -0.344 e. The zero-order chi connectivity index (χ0) is 16.3. The minimum atomic E-state index is -0.443. The summed E-state index contributed by atoms with van der Waals surface area (Å²) in [7, 11) is 0. The Morgan fingerprint density at radius 3 is 2.18 bits per heavy atom. The van der Waals surface area contributed by atoms with Gasteiger partial charge in [-0.05, 0) is 36.8 Å².